The minimum absolute atomic E-state index is 0.00445. The predicted molar refractivity (Wildman–Crippen MR) is 99.5 cm³/mol. The van der Waals surface area contributed by atoms with Crippen molar-refractivity contribution in [2.75, 3.05) is 0 Å². The molecule has 0 spiro atoms. The Morgan fingerprint density at radius 1 is 1.15 bits per heavy atom. The van der Waals surface area contributed by atoms with Gasteiger partial charge in [0.2, 0.25) is 0 Å². The van der Waals surface area contributed by atoms with Crippen molar-refractivity contribution in [2.45, 2.75) is 58.6 Å². The highest BCUT2D eigenvalue weighted by Crippen LogP contribution is 2.57. The van der Waals surface area contributed by atoms with E-state index in [0.717, 1.165) is 25.7 Å². The summed E-state index contributed by atoms with van der Waals surface area (Å²) in [6.07, 6.45) is 4.33. The molecule has 0 radical (unpaired) electrons. The zero-order chi connectivity index (χ0) is 18.5. The molecule has 1 N–H and O–H groups in total. The van der Waals surface area contributed by atoms with Gasteiger partial charge in [0.05, 0.1) is 5.92 Å². The summed E-state index contributed by atoms with van der Waals surface area (Å²) in [6.45, 7) is 6.60. The van der Waals surface area contributed by atoms with Crippen LogP contribution in [-0.2, 0) is 9.53 Å². The van der Waals surface area contributed by atoms with Crippen LogP contribution >= 0.6 is 0 Å². The van der Waals surface area contributed by atoms with Gasteiger partial charge in [-0.3, -0.25) is 9.59 Å². The van der Waals surface area contributed by atoms with Crippen LogP contribution in [0.3, 0.4) is 0 Å². The SMILES string of the molecule is C[C@H]1[C@@H]2[C@H]3OC(=O)[C@@H](C)[C@@H]3CC[C@@]2(C)CC[C@@H]1NC(=O)c1ccccc1. The van der Waals surface area contributed by atoms with E-state index in [1.807, 2.05) is 37.3 Å². The molecule has 2 aliphatic carbocycles. The van der Waals surface area contributed by atoms with Crippen molar-refractivity contribution in [3.05, 3.63) is 35.9 Å². The fourth-order valence-corrected chi connectivity index (χ4v) is 5.87. The Morgan fingerprint density at radius 3 is 2.58 bits per heavy atom. The van der Waals surface area contributed by atoms with Crippen molar-refractivity contribution in [1.29, 1.82) is 0 Å². The summed E-state index contributed by atoms with van der Waals surface area (Å²) < 4.78 is 5.87. The maximum absolute atomic E-state index is 12.6. The number of esters is 1. The largest absolute Gasteiger partial charge is 0.462 e. The molecular formula is C22H29NO3. The Morgan fingerprint density at radius 2 is 1.85 bits per heavy atom. The van der Waals surface area contributed by atoms with Crippen molar-refractivity contribution in [1.82, 2.24) is 5.32 Å². The topological polar surface area (TPSA) is 55.4 Å². The van der Waals surface area contributed by atoms with E-state index >= 15 is 0 Å². The highest BCUT2D eigenvalue weighted by molar-refractivity contribution is 5.94. The van der Waals surface area contributed by atoms with E-state index in [1.165, 1.54) is 0 Å². The van der Waals surface area contributed by atoms with E-state index in [9.17, 15) is 9.59 Å². The Bertz CT molecular complexity index is 703. The van der Waals surface area contributed by atoms with Gasteiger partial charge in [-0.25, -0.2) is 0 Å². The Kier molecular flexibility index (Phi) is 4.32. The molecule has 1 amide bonds. The third-order valence-corrected chi connectivity index (χ3v) is 7.48. The van der Waals surface area contributed by atoms with Crippen molar-refractivity contribution in [2.24, 2.45) is 29.1 Å². The minimum atomic E-state index is -0.0353. The molecule has 3 aliphatic rings. The first-order valence-corrected chi connectivity index (χ1v) is 9.97. The molecule has 1 aromatic rings. The first-order valence-electron chi connectivity index (χ1n) is 9.97. The molecule has 4 nitrogen and oxygen atoms in total. The van der Waals surface area contributed by atoms with E-state index in [4.69, 9.17) is 4.74 Å². The summed E-state index contributed by atoms with van der Waals surface area (Å²) in [6, 6.07) is 9.54. The van der Waals surface area contributed by atoms with Gasteiger partial charge >= 0.3 is 5.97 Å². The molecule has 4 rings (SSSR count). The molecular weight excluding hydrogens is 326 g/mol. The average molecular weight is 355 g/mol. The van der Waals surface area contributed by atoms with Crippen LogP contribution in [0.1, 0.15) is 56.8 Å². The van der Waals surface area contributed by atoms with Crippen molar-refractivity contribution >= 4 is 11.9 Å². The molecule has 0 bridgehead atoms. The van der Waals surface area contributed by atoms with E-state index in [-0.39, 0.29) is 35.4 Å². The normalized spacial score (nSPS) is 41.7. The summed E-state index contributed by atoms with van der Waals surface area (Å²) in [4.78, 5) is 24.8. The van der Waals surface area contributed by atoms with Crippen molar-refractivity contribution in [3.63, 3.8) is 0 Å². The van der Waals surface area contributed by atoms with Gasteiger partial charge in [-0.05, 0) is 49.1 Å². The quantitative estimate of drug-likeness (QED) is 0.821. The van der Waals surface area contributed by atoms with Gasteiger partial charge in [-0.15, -0.1) is 0 Å². The first-order chi connectivity index (χ1) is 12.4. The molecule has 26 heavy (non-hydrogen) atoms. The highest BCUT2D eigenvalue weighted by Gasteiger charge is 2.58. The molecule has 1 aliphatic heterocycles. The number of hydrogen-bond donors (Lipinski definition) is 1. The third kappa shape index (κ3) is 2.74. The third-order valence-electron chi connectivity index (χ3n) is 7.48. The number of benzene rings is 1. The maximum Gasteiger partial charge on any atom is 0.309 e. The molecule has 4 heteroatoms. The second kappa shape index (κ2) is 6.40. The smallest absolute Gasteiger partial charge is 0.309 e. The van der Waals surface area contributed by atoms with Crippen LogP contribution in [0.5, 0.6) is 0 Å². The summed E-state index contributed by atoms with van der Waals surface area (Å²) >= 11 is 0. The molecule has 0 unspecified atom stereocenters. The standard InChI is InChI=1S/C22H29NO3/c1-13-16-9-11-22(3)12-10-17(14(2)18(22)19(16)26-21(13)25)23-20(24)15-7-5-4-6-8-15/h4-8,13-14,16-19H,9-12H2,1-3H3,(H,23,24)/t13-,14+,16-,17-,18+,19-,22-/m0/s1. The summed E-state index contributed by atoms with van der Waals surface area (Å²) in [5, 5.41) is 3.26. The maximum atomic E-state index is 12.6. The lowest BCUT2D eigenvalue weighted by Crippen LogP contribution is -2.57. The van der Waals surface area contributed by atoms with Crippen LogP contribution in [0.25, 0.3) is 0 Å². The van der Waals surface area contributed by atoms with Crippen LogP contribution < -0.4 is 5.32 Å². The molecule has 3 fully saturated rings. The van der Waals surface area contributed by atoms with E-state index in [0.29, 0.717) is 23.3 Å². The molecule has 140 valence electrons. The second-order valence-corrected chi connectivity index (χ2v) is 8.92. The molecule has 7 atom stereocenters. The van der Waals surface area contributed by atoms with Crippen LogP contribution in [0, 0.1) is 29.1 Å². The monoisotopic (exact) mass is 355 g/mol. The zero-order valence-electron chi connectivity index (χ0n) is 15.9. The van der Waals surface area contributed by atoms with E-state index in [2.05, 4.69) is 19.2 Å². The predicted octanol–water partition coefficient (Wildman–Crippen LogP) is 3.81. The molecule has 0 aromatic heterocycles. The van der Waals surface area contributed by atoms with Crippen molar-refractivity contribution < 1.29 is 14.3 Å². The fourth-order valence-electron chi connectivity index (χ4n) is 5.87. The molecule has 2 saturated carbocycles. The number of rotatable bonds is 2. The Labute approximate surface area is 155 Å². The number of ether oxygens (including phenoxy) is 1. The van der Waals surface area contributed by atoms with Crippen LogP contribution in [0.4, 0.5) is 0 Å². The average Bonchev–Trinajstić information content (AvgIpc) is 2.92. The first kappa shape index (κ1) is 17.6. The highest BCUT2D eigenvalue weighted by atomic mass is 16.6. The number of amides is 1. The van der Waals surface area contributed by atoms with Gasteiger partial charge in [-0.2, -0.15) is 0 Å². The summed E-state index contributed by atoms with van der Waals surface area (Å²) in [5.41, 5.74) is 0.911. The van der Waals surface area contributed by atoms with Crippen LogP contribution in [0.2, 0.25) is 0 Å². The summed E-state index contributed by atoms with van der Waals surface area (Å²) in [7, 11) is 0. The van der Waals surface area contributed by atoms with Crippen molar-refractivity contribution in [3.8, 4) is 0 Å². The van der Waals surface area contributed by atoms with Gasteiger partial charge in [0.25, 0.3) is 5.91 Å². The number of nitrogens with one attached hydrogen (secondary N) is 1. The number of hydrogen-bond acceptors (Lipinski definition) is 3. The molecule has 1 aromatic carbocycles. The lowest BCUT2D eigenvalue weighted by molar-refractivity contribution is -0.153. The van der Waals surface area contributed by atoms with Crippen LogP contribution in [0.15, 0.2) is 30.3 Å². The second-order valence-electron chi connectivity index (χ2n) is 8.92. The lowest BCUT2D eigenvalue weighted by Gasteiger charge is -2.54. The van der Waals surface area contributed by atoms with E-state index in [1.54, 1.807) is 0 Å². The van der Waals surface area contributed by atoms with Gasteiger partial charge in [0.15, 0.2) is 0 Å². The summed E-state index contributed by atoms with van der Waals surface area (Å²) in [5.74, 6) is 0.932. The zero-order valence-corrected chi connectivity index (χ0v) is 15.9. The molecule has 1 saturated heterocycles. The Balaban J connectivity index is 1.54. The number of fused-ring (bicyclic) bond motifs is 3. The van der Waals surface area contributed by atoms with Gasteiger partial charge in [-0.1, -0.05) is 39.0 Å². The minimum Gasteiger partial charge on any atom is -0.462 e. The van der Waals surface area contributed by atoms with E-state index < -0.39 is 0 Å². The Hall–Kier alpha value is -1.84. The van der Waals surface area contributed by atoms with Gasteiger partial charge in [0.1, 0.15) is 6.10 Å². The van der Waals surface area contributed by atoms with Gasteiger partial charge < -0.3 is 10.1 Å². The fraction of sp³-hybridized carbons (Fsp3) is 0.636. The molecule has 1 heterocycles. The lowest BCUT2D eigenvalue weighted by atomic mass is 9.52. The number of carbonyl (C=O) groups is 2. The van der Waals surface area contributed by atoms with Gasteiger partial charge in [0, 0.05) is 23.4 Å². The number of carbonyl (C=O) groups excluding carboxylic acids is 2. The van der Waals surface area contributed by atoms with Crippen LogP contribution in [-0.4, -0.2) is 24.0 Å².